The van der Waals surface area contributed by atoms with Gasteiger partial charge in [-0.25, -0.2) is 0 Å². The Bertz CT molecular complexity index is 331. The third kappa shape index (κ3) is 8.86. The minimum atomic E-state index is 0.786. The molecule has 0 saturated carbocycles. The largest absolute Gasteiger partial charge is 0.146 e. The van der Waals surface area contributed by atoms with E-state index in [-0.39, 0.29) is 0 Å². The van der Waals surface area contributed by atoms with Gasteiger partial charge in [0, 0.05) is 0 Å². The van der Waals surface area contributed by atoms with E-state index in [1.807, 2.05) is 0 Å². The summed E-state index contributed by atoms with van der Waals surface area (Å²) < 4.78 is 0. The van der Waals surface area contributed by atoms with Crippen molar-refractivity contribution in [2.45, 2.75) is 99.5 Å². The molecule has 0 aromatic rings. The minimum absolute atomic E-state index is 0.786. The maximum Gasteiger partial charge on any atom is 0.146 e. The van der Waals surface area contributed by atoms with Crippen LogP contribution in [-0.4, -0.2) is 6.71 Å². The van der Waals surface area contributed by atoms with Crippen LogP contribution in [0.4, 0.5) is 0 Å². The van der Waals surface area contributed by atoms with Gasteiger partial charge in [-0.2, -0.15) is 0 Å². The van der Waals surface area contributed by atoms with Crippen molar-refractivity contribution in [3.63, 3.8) is 0 Å². The Hall–Kier alpha value is -0.455. The Balaban J connectivity index is 4.53. The number of hydrogen-bond donors (Lipinski definition) is 0. The molecule has 0 nitrogen and oxygen atoms in total. The first-order valence-electron chi connectivity index (χ1n) is 9.45. The molecule has 0 aliphatic heterocycles. The van der Waals surface area contributed by atoms with E-state index in [1.165, 1.54) is 31.2 Å². The molecule has 0 spiro atoms. The van der Waals surface area contributed by atoms with E-state index in [2.05, 4.69) is 74.5 Å². The van der Waals surface area contributed by atoms with Crippen LogP contribution in [0.1, 0.15) is 81.6 Å². The topological polar surface area (TPSA) is 0 Å². The summed E-state index contributed by atoms with van der Waals surface area (Å²) in [6.07, 6.45) is 9.85. The van der Waals surface area contributed by atoms with Gasteiger partial charge < -0.3 is 0 Å². The van der Waals surface area contributed by atoms with Crippen molar-refractivity contribution in [2.75, 3.05) is 0 Å². The molecule has 0 radical (unpaired) electrons. The Morgan fingerprint density at radius 3 is 1.68 bits per heavy atom. The molecule has 0 saturated heterocycles. The summed E-state index contributed by atoms with van der Waals surface area (Å²) in [7, 11) is 0. The molecule has 0 heterocycles. The molecule has 0 bridgehead atoms. The van der Waals surface area contributed by atoms with Crippen molar-refractivity contribution in [2.24, 2.45) is 11.8 Å². The second-order valence-electron chi connectivity index (χ2n) is 8.32. The van der Waals surface area contributed by atoms with Crippen LogP contribution in [-0.2, 0) is 0 Å². The Morgan fingerprint density at radius 1 is 0.773 bits per heavy atom. The Kier molecular flexibility index (Phi) is 10.9. The average Bonchev–Trinajstić information content (AvgIpc) is 2.41. The lowest BCUT2D eigenvalue weighted by Crippen LogP contribution is -2.29. The van der Waals surface area contributed by atoms with Crippen molar-refractivity contribution < 1.29 is 0 Å². The normalized spacial score (nSPS) is 15.1. The first-order chi connectivity index (χ1) is 10.2. The quantitative estimate of drug-likeness (QED) is 0.287. The van der Waals surface area contributed by atoms with Gasteiger partial charge in [-0.1, -0.05) is 94.6 Å². The fourth-order valence-corrected chi connectivity index (χ4v) is 3.21. The summed E-state index contributed by atoms with van der Waals surface area (Å²) in [5.41, 5.74) is 3.00. The third-order valence-electron chi connectivity index (χ3n) is 5.54. The first kappa shape index (κ1) is 21.5. The maximum absolute atomic E-state index is 2.49. The van der Waals surface area contributed by atoms with Gasteiger partial charge in [0.25, 0.3) is 0 Å². The van der Waals surface area contributed by atoms with Gasteiger partial charge in [-0.3, -0.25) is 0 Å². The van der Waals surface area contributed by atoms with Crippen LogP contribution in [0.2, 0.25) is 18.0 Å². The molecule has 1 heteroatoms. The van der Waals surface area contributed by atoms with E-state index < -0.39 is 0 Å². The SMILES string of the molecule is CC(C)=CCC/C(C)=C/CCB(C(C)C(C)C)C(C)C(C)C. The Labute approximate surface area is 141 Å². The van der Waals surface area contributed by atoms with E-state index in [9.17, 15) is 0 Å². The molecular weight excluding hydrogens is 263 g/mol. The van der Waals surface area contributed by atoms with Crippen molar-refractivity contribution in [3.05, 3.63) is 23.3 Å². The molecule has 0 N–H and O–H groups in total. The fourth-order valence-electron chi connectivity index (χ4n) is 3.21. The lowest BCUT2D eigenvalue weighted by atomic mass is 9.29. The van der Waals surface area contributed by atoms with Crippen molar-refractivity contribution in [1.82, 2.24) is 0 Å². The van der Waals surface area contributed by atoms with E-state index in [4.69, 9.17) is 0 Å². The van der Waals surface area contributed by atoms with Gasteiger partial charge in [0.05, 0.1) is 0 Å². The maximum atomic E-state index is 2.49. The number of rotatable bonds is 10. The zero-order chi connectivity index (χ0) is 17.3. The van der Waals surface area contributed by atoms with Gasteiger partial charge in [0.15, 0.2) is 0 Å². The van der Waals surface area contributed by atoms with Crippen LogP contribution in [0.5, 0.6) is 0 Å². The van der Waals surface area contributed by atoms with Crippen molar-refractivity contribution in [3.8, 4) is 0 Å². The molecule has 0 aliphatic carbocycles. The van der Waals surface area contributed by atoms with E-state index >= 15 is 0 Å². The minimum Gasteiger partial charge on any atom is -0.0863 e. The average molecular weight is 304 g/mol. The monoisotopic (exact) mass is 304 g/mol. The van der Waals surface area contributed by atoms with Crippen LogP contribution in [0.25, 0.3) is 0 Å². The van der Waals surface area contributed by atoms with E-state index in [0.717, 1.165) is 30.2 Å². The molecular formula is C21H41B. The van der Waals surface area contributed by atoms with Crippen LogP contribution in [0.15, 0.2) is 23.3 Å². The Morgan fingerprint density at radius 2 is 1.27 bits per heavy atom. The summed E-state index contributed by atoms with van der Waals surface area (Å²) in [6.45, 7) is 22.0. The highest BCUT2D eigenvalue weighted by Gasteiger charge is 2.30. The summed E-state index contributed by atoms with van der Waals surface area (Å²) in [6, 6.07) is 0. The van der Waals surface area contributed by atoms with Gasteiger partial charge in [-0.05, 0) is 40.0 Å². The standard InChI is InChI=1S/C21H41B/c1-16(2)12-10-13-19(7)14-11-15-22(20(8)17(3)4)21(9)18(5)6/h12,14,17-18,20-21H,10-11,13,15H2,1-9H3/b19-14+. The summed E-state index contributed by atoms with van der Waals surface area (Å²) in [5.74, 6) is 3.21. The zero-order valence-corrected chi connectivity index (χ0v) is 16.9. The highest BCUT2D eigenvalue weighted by atomic mass is 14.1. The molecule has 0 rings (SSSR count). The van der Waals surface area contributed by atoms with Crippen LogP contribution < -0.4 is 0 Å². The van der Waals surface area contributed by atoms with Gasteiger partial charge in [0.2, 0.25) is 0 Å². The lowest BCUT2D eigenvalue weighted by molar-refractivity contribution is 0.559. The fraction of sp³-hybridized carbons (Fsp3) is 0.810. The predicted molar refractivity (Wildman–Crippen MR) is 106 cm³/mol. The molecule has 0 amide bonds. The van der Waals surface area contributed by atoms with Crippen LogP contribution >= 0.6 is 0 Å². The van der Waals surface area contributed by atoms with Gasteiger partial charge in [0.1, 0.15) is 6.71 Å². The third-order valence-corrected chi connectivity index (χ3v) is 5.54. The predicted octanol–water partition coefficient (Wildman–Crippen LogP) is 7.66. The van der Waals surface area contributed by atoms with Crippen molar-refractivity contribution in [1.29, 1.82) is 0 Å². The van der Waals surface area contributed by atoms with Crippen molar-refractivity contribution >= 4 is 6.71 Å². The molecule has 2 atom stereocenters. The smallest absolute Gasteiger partial charge is 0.0863 e. The zero-order valence-electron chi connectivity index (χ0n) is 16.9. The molecule has 0 fully saturated rings. The molecule has 0 aliphatic rings. The summed E-state index contributed by atoms with van der Waals surface area (Å²) >= 11 is 0. The molecule has 22 heavy (non-hydrogen) atoms. The molecule has 2 unspecified atom stereocenters. The van der Waals surface area contributed by atoms with Crippen LogP contribution in [0, 0.1) is 11.8 Å². The van der Waals surface area contributed by atoms with E-state index in [0.29, 0.717) is 0 Å². The number of allylic oxidation sites excluding steroid dienone is 4. The first-order valence-corrected chi connectivity index (χ1v) is 9.45. The highest BCUT2D eigenvalue weighted by molar-refractivity contribution is 6.62. The molecule has 0 aromatic heterocycles. The molecule has 128 valence electrons. The van der Waals surface area contributed by atoms with Crippen LogP contribution in [0.3, 0.4) is 0 Å². The number of hydrogen-bond acceptors (Lipinski definition) is 0. The second kappa shape index (κ2) is 11.1. The van der Waals surface area contributed by atoms with Gasteiger partial charge in [-0.15, -0.1) is 0 Å². The molecule has 0 aromatic carbocycles. The van der Waals surface area contributed by atoms with E-state index in [1.54, 1.807) is 5.57 Å². The van der Waals surface area contributed by atoms with Gasteiger partial charge >= 0.3 is 0 Å². The second-order valence-corrected chi connectivity index (χ2v) is 8.32. The summed E-state index contributed by atoms with van der Waals surface area (Å²) in [4.78, 5) is 0. The summed E-state index contributed by atoms with van der Waals surface area (Å²) in [5, 5.41) is 0. The lowest BCUT2D eigenvalue weighted by Gasteiger charge is -2.31. The highest BCUT2D eigenvalue weighted by Crippen LogP contribution is 2.35.